The number of carbonyl (C=O) groups is 2. The van der Waals surface area contributed by atoms with Gasteiger partial charge in [0.1, 0.15) is 0 Å². The minimum Gasteiger partial charge on any atom is -0.466 e. The number of likely N-dealkylation sites (tertiary alicyclic amines) is 1. The number of piperidine rings is 1. The predicted octanol–water partition coefficient (Wildman–Crippen LogP) is 2.51. The molecule has 1 fully saturated rings. The van der Waals surface area contributed by atoms with Gasteiger partial charge in [-0.15, -0.1) is 0 Å². The number of H-pyrrole nitrogens is 1. The first-order valence-corrected chi connectivity index (χ1v) is 8.18. The summed E-state index contributed by atoms with van der Waals surface area (Å²) < 4.78 is 5.09. The van der Waals surface area contributed by atoms with Crippen molar-refractivity contribution in [2.45, 2.75) is 26.2 Å². The van der Waals surface area contributed by atoms with Crippen LogP contribution in [0.1, 0.15) is 25.3 Å². The summed E-state index contributed by atoms with van der Waals surface area (Å²) in [5, 5.41) is 1.14. The van der Waals surface area contributed by atoms with Crippen molar-refractivity contribution in [1.29, 1.82) is 0 Å². The van der Waals surface area contributed by atoms with Gasteiger partial charge in [0, 0.05) is 24.8 Å². The van der Waals surface area contributed by atoms with Crippen LogP contribution < -0.4 is 0 Å². The second kappa shape index (κ2) is 6.86. The summed E-state index contributed by atoms with van der Waals surface area (Å²) in [4.78, 5) is 29.4. The van der Waals surface area contributed by atoms with Gasteiger partial charge in [-0.2, -0.15) is 0 Å². The van der Waals surface area contributed by atoms with E-state index in [0.29, 0.717) is 19.6 Å². The molecule has 0 saturated carbocycles. The van der Waals surface area contributed by atoms with Gasteiger partial charge < -0.3 is 14.6 Å². The fourth-order valence-corrected chi connectivity index (χ4v) is 3.15. The van der Waals surface area contributed by atoms with Crippen LogP contribution in [-0.4, -0.2) is 41.5 Å². The molecule has 1 amide bonds. The van der Waals surface area contributed by atoms with Gasteiger partial charge in [-0.25, -0.2) is 0 Å². The largest absolute Gasteiger partial charge is 0.466 e. The van der Waals surface area contributed by atoms with Crippen LogP contribution in [0.4, 0.5) is 0 Å². The number of rotatable bonds is 4. The van der Waals surface area contributed by atoms with Crippen molar-refractivity contribution in [2.75, 3.05) is 19.7 Å². The highest BCUT2D eigenvalue weighted by Gasteiger charge is 2.29. The number of aromatic nitrogens is 1. The highest BCUT2D eigenvalue weighted by Crippen LogP contribution is 2.20. The Morgan fingerprint density at radius 1 is 1.35 bits per heavy atom. The molecule has 0 spiro atoms. The number of aromatic amines is 1. The molecule has 0 bridgehead atoms. The third-order valence-corrected chi connectivity index (χ3v) is 4.37. The molecule has 0 aliphatic carbocycles. The maximum Gasteiger partial charge on any atom is 0.310 e. The lowest BCUT2D eigenvalue weighted by molar-refractivity contribution is -0.151. The molecule has 5 nitrogen and oxygen atoms in total. The van der Waals surface area contributed by atoms with Crippen molar-refractivity contribution < 1.29 is 14.3 Å². The van der Waals surface area contributed by atoms with Crippen molar-refractivity contribution in [3.63, 3.8) is 0 Å². The Hall–Kier alpha value is -2.30. The van der Waals surface area contributed by atoms with E-state index in [1.807, 2.05) is 30.5 Å². The van der Waals surface area contributed by atoms with E-state index < -0.39 is 0 Å². The summed E-state index contributed by atoms with van der Waals surface area (Å²) in [7, 11) is 0. The van der Waals surface area contributed by atoms with Crippen LogP contribution in [0, 0.1) is 5.92 Å². The number of ether oxygens (including phenoxy) is 1. The number of esters is 1. The molecule has 1 saturated heterocycles. The Bertz CT molecular complexity index is 707. The number of nitrogens with zero attached hydrogens (tertiary/aromatic N) is 1. The van der Waals surface area contributed by atoms with Gasteiger partial charge in [0.05, 0.1) is 18.9 Å². The average Bonchev–Trinajstić information content (AvgIpc) is 3.03. The summed E-state index contributed by atoms with van der Waals surface area (Å²) >= 11 is 0. The molecule has 1 aromatic heterocycles. The summed E-state index contributed by atoms with van der Waals surface area (Å²) in [5.41, 5.74) is 2.03. The van der Waals surface area contributed by atoms with Gasteiger partial charge in [-0.3, -0.25) is 9.59 Å². The molecule has 0 radical (unpaired) electrons. The zero-order chi connectivity index (χ0) is 16.2. The Morgan fingerprint density at radius 3 is 3.04 bits per heavy atom. The number of benzene rings is 1. The molecular formula is C18H22N2O3. The van der Waals surface area contributed by atoms with Crippen molar-refractivity contribution in [2.24, 2.45) is 5.92 Å². The van der Waals surface area contributed by atoms with Crippen molar-refractivity contribution in [3.05, 3.63) is 36.0 Å². The van der Waals surface area contributed by atoms with Gasteiger partial charge in [0.2, 0.25) is 5.91 Å². The van der Waals surface area contributed by atoms with Gasteiger partial charge in [-0.05, 0) is 42.8 Å². The molecule has 1 aromatic carbocycles. The number of hydrogen-bond acceptors (Lipinski definition) is 3. The second-order valence-electron chi connectivity index (χ2n) is 6.01. The third-order valence-electron chi connectivity index (χ3n) is 4.37. The zero-order valence-corrected chi connectivity index (χ0v) is 13.4. The fraction of sp³-hybridized carbons (Fsp3) is 0.444. The Morgan fingerprint density at radius 2 is 2.22 bits per heavy atom. The smallest absolute Gasteiger partial charge is 0.310 e. The van der Waals surface area contributed by atoms with E-state index in [4.69, 9.17) is 4.74 Å². The first-order valence-electron chi connectivity index (χ1n) is 8.18. The molecular weight excluding hydrogens is 292 g/mol. The molecule has 1 unspecified atom stereocenters. The maximum atomic E-state index is 12.5. The first-order chi connectivity index (χ1) is 11.2. The summed E-state index contributed by atoms with van der Waals surface area (Å²) in [6, 6.07) is 8.03. The van der Waals surface area contributed by atoms with Crippen LogP contribution in [0.15, 0.2) is 30.5 Å². The molecule has 122 valence electrons. The van der Waals surface area contributed by atoms with Crippen LogP contribution >= 0.6 is 0 Å². The Labute approximate surface area is 135 Å². The van der Waals surface area contributed by atoms with Crippen LogP contribution in [-0.2, 0) is 20.7 Å². The molecule has 23 heavy (non-hydrogen) atoms. The highest BCUT2D eigenvalue weighted by molar-refractivity contribution is 5.84. The number of carbonyl (C=O) groups excluding carboxylic acids is 2. The molecule has 5 heteroatoms. The van der Waals surface area contributed by atoms with E-state index in [1.54, 1.807) is 11.8 Å². The van der Waals surface area contributed by atoms with Crippen LogP contribution in [0.5, 0.6) is 0 Å². The molecule has 1 atom stereocenters. The molecule has 3 rings (SSSR count). The third kappa shape index (κ3) is 3.55. The molecule has 1 aliphatic rings. The van der Waals surface area contributed by atoms with Crippen molar-refractivity contribution >= 4 is 22.8 Å². The monoisotopic (exact) mass is 314 g/mol. The first kappa shape index (κ1) is 15.6. The minimum atomic E-state index is -0.183. The summed E-state index contributed by atoms with van der Waals surface area (Å²) in [5.74, 6) is -0.291. The molecule has 1 N–H and O–H groups in total. The zero-order valence-electron chi connectivity index (χ0n) is 13.4. The molecule has 1 aliphatic heterocycles. The summed E-state index contributed by atoms with van der Waals surface area (Å²) in [6.45, 7) is 3.39. The number of nitrogens with one attached hydrogen (secondary N) is 1. The Balaban J connectivity index is 1.63. The van der Waals surface area contributed by atoms with Crippen molar-refractivity contribution in [1.82, 2.24) is 9.88 Å². The summed E-state index contributed by atoms with van der Waals surface area (Å²) in [6.07, 6.45) is 3.91. The van der Waals surface area contributed by atoms with Crippen LogP contribution in [0.25, 0.3) is 10.9 Å². The topological polar surface area (TPSA) is 62.4 Å². The van der Waals surface area contributed by atoms with E-state index in [-0.39, 0.29) is 17.8 Å². The van der Waals surface area contributed by atoms with Crippen LogP contribution in [0.3, 0.4) is 0 Å². The average molecular weight is 314 g/mol. The second-order valence-corrected chi connectivity index (χ2v) is 6.01. The van der Waals surface area contributed by atoms with E-state index in [9.17, 15) is 9.59 Å². The standard InChI is InChI=1S/C18H22N2O3/c1-2-23-18(22)15-4-3-9-20(12-15)17(21)11-13-5-6-14-7-8-19-16(14)10-13/h5-8,10,15,19H,2-4,9,11-12H2,1H3. The highest BCUT2D eigenvalue weighted by atomic mass is 16.5. The van der Waals surface area contributed by atoms with Gasteiger partial charge in [-0.1, -0.05) is 12.1 Å². The van der Waals surface area contributed by atoms with E-state index in [1.165, 1.54) is 0 Å². The Kier molecular flexibility index (Phi) is 4.65. The molecule has 2 heterocycles. The predicted molar refractivity (Wildman–Crippen MR) is 87.9 cm³/mol. The number of amides is 1. The molecule has 2 aromatic rings. The fourth-order valence-electron chi connectivity index (χ4n) is 3.15. The lowest BCUT2D eigenvalue weighted by atomic mass is 9.97. The van der Waals surface area contributed by atoms with Gasteiger partial charge in [0.15, 0.2) is 0 Å². The van der Waals surface area contributed by atoms with E-state index in [0.717, 1.165) is 35.9 Å². The number of hydrogen-bond donors (Lipinski definition) is 1. The van der Waals surface area contributed by atoms with Crippen molar-refractivity contribution in [3.8, 4) is 0 Å². The normalized spacial score (nSPS) is 18.1. The minimum absolute atomic E-state index is 0.0740. The SMILES string of the molecule is CCOC(=O)C1CCCN(C(=O)Cc2ccc3cc[nH]c3c2)C1. The lowest BCUT2D eigenvalue weighted by Gasteiger charge is -2.31. The van der Waals surface area contributed by atoms with E-state index >= 15 is 0 Å². The quantitative estimate of drug-likeness (QED) is 0.882. The van der Waals surface area contributed by atoms with Crippen LogP contribution in [0.2, 0.25) is 0 Å². The van der Waals surface area contributed by atoms with Gasteiger partial charge >= 0.3 is 5.97 Å². The van der Waals surface area contributed by atoms with E-state index in [2.05, 4.69) is 4.98 Å². The van der Waals surface area contributed by atoms with Gasteiger partial charge in [0.25, 0.3) is 0 Å². The maximum absolute atomic E-state index is 12.5. The number of fused-ring (bicyclic) bond motifs is 1. The lowest BCUT2D eigenvalue weighted by Crippen LogP contribution is -2.43.